The molecular formula is C15H23BrN2O. The normalized spacial score (nSPS) is 20.8. The molecule has 0 bridgehead atoms. The second kappa shape index (κ2) is 6.73. The molecule has 0 aliphatic carbocycles. The van der Waals surface area contributed by atoms with Gasteiger partial charge in [0.05, 0.1) is 12.7 Å². The van der Waals surface area contributed by atoms with E-state index in [0.29, 0.717) is 6.04 Å². The van der Waals surface area contributed by atoms with E-state index in [9.17, 15) is 0 Å². The van der Waals surface area contributed by atoms with Gasteiger partial charge >= 0.3 is 0 Å². The smallest absolute Gasteiger partial charge is 0.0874 e. The Morgan fingerprint density at radius 3 is 2.95 bits per heavy atom. The van der Waals surface area contributed by atoms with Crippen molar-refractivity contribution in [3.8, 4) is 0 Å². The highest BCUT2D eigenvalue weighted by molar-refractivity contribution is 9.10. The fraction of sp³-hybridized carbons (Fsp3) is 0.600. The van der Waals surface area contributed by atoms with Gasteiger partial charge in [-0.3, -0.25) is 4.90 Å². The number of benzene rings is 1. The van der Waals surface area contributed by atoms with Gasteiger partial charge in [-0.15, -0.1) is 0 Å². The van der Waals surface area contributed by atoms with Crippen molar-refractivity contribution in [3.05, 3.63) is 28.2 Å². The molecule has 1 aromatic carbocycles. The first-order chi connectivity index (χ1) is 9.06. The predicted octanol–water partition coefficient (Wildman–Crippen LogP) is 3.28. The number of anilines is 1. The number of halogens is 1. The van der Waals surface area contributed by atoms with Crippen LogP contribution >= 0.6 is 15.9 Å². The minimum absolute atomic E-state index is 0.274. The zero-order valence-electron chi connectivity index (χ0n) is 11.9. The van der Waals surface area contributed by atoms with Crippen molar-refractivity contribution in [1.29, 1.82) is 0 Å². The lowest BCUT2D eigenvalue weighted by Gasteiger charge is -2.35. The van der Waals surface area contributed by atoms with Gasteiger partial charge in [0, 0.05) is 35.8 Å². The highest BCUT2D eigenvalue weighted by Crippen LogP contribution is 2.21. The number of morpholine rings is 1. The molecule has 1 aliphatic rings. The van der Waals surface area contributed by atoms with Crippen molar-refractivity contribution >= 4 is 21.6 Å². The summed E-state index contributed by atoms with van der Waals surface area (Å²) in [6.07, 6.45) is 0.274. The highest BCUT2D eigenvalue weighted by Gasteiger charge is 2.21. The maximum Gasteiger partial charge on any atom is 0.0874 e. The van der Waals surface area contributed by atoms with Crippen LogP contribution in [0, 0.1) is 6.92 Å². The molecule has 0 aromatic heterocycles. The molecular weight excluding hydrogens is 304 g/mol. The van der Waals surface area contributed by atoms with Crippen LogP contribution in [0.4, 0.5) is 5.69 Å². The van der Waals surface area contributed by atoms with E-state index in [2.05, 4.69) is 65.1 Å². The standard InChI is InChI=1S/C15H23BrN2O/c1-11(2)18-6-7-19-14(10-18)9-17-13-5-4-12(3)15(16)8-13/h4-5,8,11,14,17H,6-7,9-10H2,1-3H3. The summed E-state index contributed by atoms with van der Waals surface area (Å²) in [6.45, 7) is 10.3. The van der Waals surface area contributed by atoms with E-state index < -0.39 is 0 Å². The summed E-state index contributed by atoms with van der Waals surface area (Å²) in [7, 11) is 0. The van der Waals surface area contributed by atoms with Crippen LogP contribution in [-0.2, 0) is 4.74 Å². The number of nitrogens with zero attached hydrogens (tertiary/aromatic N) is 1. The zero-order chi connectivity index (χ0) is 13.8. The van der Waals surface area contributed by atoms with Crippen LogP contribution in [0.15, 0.2) is 22.7 Å². The molecule has 1 aromatic rings. The second-order valence-electron chi connectivity index (χ2n) is 5.43. The molecule has 1 aliphatic heterocycles. The molecule has 0 amide bonds. The highest BCUT2D eigenvalue weighted by atomic mass is 79.9. The third kappa shape index (κ3) is 4.20. The average molecular weight is 327 g/mol. The third-order valence-corrected chi connectivity index (χ3v) is 4.46. The number of aryl methyl sites for hydroxylation is 1. The summed E-state index contributed by atoms with van der Waals surface area (Å²) < 4.78 is 6.96. The van der Waals surface area contributed by atoms with Crippen LogP contribution in [-0.4, -0.2) is 43.3 Å². The zero-order valence-corrected chi connectivity index (χ0v) is 13.5. The number of hydrogen-bond donors (Lipinski definition) is 1. The predicted molar refractivity (Wildman–Crippen MR) is 83.8 cm³/mol. The van der Waals surface area contributed by atoms with E-state index in [-0.39, 0.29) is 6.10 Å². The average Bonchev–Trinajstić information content (AvgIpc) is 2.40. The van der Waals surface area contributed by atoms with E-state index in [0.717, 1.165) is 36.4 Å². The second-order valence-corrected chi connectivity index (χ2v) is 6.28. The molecule has 0 saturated carbocycles. The molecule has 1 fully saturated rings. The quantitative estimate of drug-likeness (QED) is 0.918. The van der Waals surface area contributed by atoms with E-state index in [4.69, 9.17) is 4.74 Å². The maximum absolute atomic E-state index is 5.82. The lowest BCUT2D eigenvalue weighted by Crippen LogP contribution is -2.48. The van der Waals surface area contributed by atoms with Gasteiger partial charge in [-0.05, 0) is 38.5 Å². The number of nitrogens with one attached hydrogen (secondary N) is 1. The Morgan fingerprint density at radius 1 is 1.47 bits per heavy atom. The maximum atomic E-state index is 5.82. The van der Waals surface area contributed by atoms with Crippen LogP contribution in [0.1, 0.15) is 19.4 Å². The molecule has 3 nitrogen and oxygen atoms in total. The summed E-state index contributed by atoms with van der Waals surface area (Å²) in [6, 6.07) is 6.95. The number of ether oxygens (including phenoxy) is 1. The van der Waals surface area contributed by atoms with Crippen LogP contribution < -0.4 is 5.32 Å². The van der Waals surface area contributed by atoms with Gasteiger partial charge in [0.2, 0.25) is 0 Å². The van der Waals surface area contributed by atoms with Crippen LogP contribution in [0.5, 0.6) is 0 Å². The fourth-order valence-corrected chi connectivity index (χ4v) is 2.65. The summed E-state index contributed by atoms with van der Waals surface area (Å²) >= 11 is 3.56. The lowest BCUT2D eigenvalue weighted by atomic mass is 10.2. The molecule has 1 N–H and O–H groups in total. The minimum atomic E-state index is 0.274. The molecule has 0 radical (unpaired) electrons. The monoisotopic (exact) mass is 326 g/mol. The molecule has 4 heteroatoms. The first kappa shape index (κ1) is 14.8. The van der Waals surface area contributed by atoms with Crippen LogP contribution in [0.25, 0.3) is 0 Å². The Kier molecular flexibility index (Phi) is 5.25. The minimum Gasteiger partial charge on any atom is -0.382 e. The molecule has 19 heavy (non-hydrogen) atoms. The van der Waals surface area contributed by atoms with Crippen LogP contribution in [0.2, 0.25) is 0 Å². The Balaban J connectivity index is 1.86. The Morgan fingerprint density at radius 2 is 2.26 bits per heavy atom. The SMILES string of the molecule is Cc1ccc(NCC2CN(C(C)C)CCO2)cc1Br. The first-order valence-corrected chi connectivity index (χ1v) is 7.71. The summed E-state index contributed by atoms with van der Waals surface area (Å²) in [5.74, 6) is 0. The van der Waals surface area contributed by atoms with E-state index in [1.54, 1.807) is 0 Å². The largest absolute Gasteiger partial charge is 0.382 e. The van der Waals surface area contributed by atoms with Crippen molar-refractivity contribution in [2.75, 3.05) is 31.6 Å². The Labute approximate surface area is 124 Å². The fourth-order valence-electron chi connectivity index (χ4n) is 2.27. The van der Waals surface area contributed by atoms with Gasteiger partial charge in [0.25, 0.3) is 0 Å². The lowest BCUT2D eigenvalue weighted by molar-refractivity contribution is -0.0315. The topological polar surface area (TPSA) is 24.5 Å². The molecule has 1 unspecified atom stereocenters. The third-order valence-electron chi connectivity index (χ3n) is 3.61. The molecule has 106 valence electrons. The Bertz CT molecular complexity index is 423. The van der Waals surface area contributed by atoms with Gasteiger partial charge in [-0.25, -0.2) is 0 Å². The number of rotatable bonds is 4. The number of hydrogen-bond acceptors (Lipinski definition) is 3. The van der Waals surface area contributed by atoms with Gasteiger partial charge in [0.1, 0.15) is 0 Å². The van der Waals surface area contributed by atoms with Gasteiger partial charge < -0.3 is 10.1 Å². The van der Waals surface area contributed by atoms with Crippen molar-refractivity contribution < 1.29 is 4.74 Å². The molecule has 1 heterocycles. The Hall–Kier alpha value is -0.580. The van der Waals surface area contributed by atoms with Gasteiger partial charge in [-0.2, -0.15) is 0 Å². The van der Waals surface area contributed by atoms with E-state index in [1.807, 2.05) is 0 Å². The van der Waals surface area contributed by atoms with E-state index in [1.165, 1.54) is 5.56 Å². The van der Waals surface area contributed by atoms with Gasteiger partial charge in [0.15, 0.2) is 0 Å². The van der Waals surface area contributed by atoms with Crippen LogP contribution in [0.3, 0.4) is 0 Å². The molecule has 1 saturated heterocycles. The van der Waals surface area contributed by atoms with Crippen molar-refractivity contribution in [1.82, 2.24) is 4.90 Å². The van der Waals surface area contributed by atoms with Crippen molar-refractivity contribution in [2.45, 2.75) is 32.9 Å². The summed E-state index contributed by atoms with van der Waals surface area (Å²) in [5.41, 5.74) is 2.40. The molecule has 1 atom stereocenters. The summed E-state index contributed by atoms with van der Waals surface area (Å²) in [5, 5.41) is 3.46. The van der Waals surface area contributed by atoms with Gasteiger partial charge in [-0.1, -0.05) is 22.0 Å². The first-order valence-electron chi connectivity index (χ1n) is 6.92. The van der Waals surface area contributed by atoms with Crippen molar-refractivity contribution in [2.24, 2.45) is 0 Å². The molecule has 0 spiro atoms. The van der Waals surface area contributed by atoms with Crippen molar-refractivity contribution in [3.63, 3.8) is 0 Å². The van der Waals surface area contributed by atoms with E-state index >= 15 is 0 Å². The molecule has 2 rings (SSSR count). The summed E-state index contributed by atoms with van der Waals surface area (Å²) in [4.78, 5) is 2.47.